The second kappa shape index (κ2) is 5.83. The number of carbonyl (C=O) groups excluding carboxylic acids is 1. The molecule has 21 heavy (non-hydrogen) atoms. The first-order valence-electron chi connectivity index (χ1n) is 7.08. The van der Waals surface area contributed by atoms with Crippen LogP contribution in [-0.2, 0) is 12.8 Å². The molecule has 3 heteroatoms. The number of rotatable bonds is 4. The zero-order valence-corrected chi connectivity index (χ0v) is 11.9. The first-order valence-corrected chi connectivity index (χ1v) is 7.08. The molecule has 0 aliphatic heterocycles. The summed E-state index contributed by atoms with van der Waals surface area (Å²) in [5, 5.41) is 0.898. The van der Waals surface area contributed by atoms with Gasteiger partial charge in [0.25, 0.3) is 0 Å². The number of carbonyl (C=O) groups is 1. The lowest BCUT2D eigenvalue weighted by Crippen LogP contribution is -2.06. The predicted molar refractivity (Wildman–Crippen MR) is 83.4 cm³/mol. The summed E-state index contributed by atoms with van der Waals surface area (Å²) < 4.78 is 0. The molecule has 0 aliphatic rings. The van der Waals surface area contributed by atoms with Crippen molar-refractivity contribution in [3.05, 3.63) is 71.7 Å². The van der Waals surface area contributed by atoms with Crippen molar-refractivity contribution in [3.63, 3.8) is 0 Å². The number of nitrogens with zero attached hydrogens (tertiary/aromatic N) is 2. The molecule has 2 heterocycles. The molecule has 1 aromatic carbocycles. The van der Waals surface area contributed by atoms with Gasteiger partial charge in [0.2, 0.25) is 0 Å². The highest BCUT2D eigenvalue weighted by Crippen LogP contribution is 2.18. The van der Waals surface area contributed by atoms with Crippen LogP contribution >= 0.6 is 0 Å². The second-order valence-electron chi connectivity index (χ2n) is 4.99. The molecule has 0 aliphatic carbocycles. The molecule has 0 saturated carbocycles. The van der Waals surface area contributed by atoms with Gasteiger partial charge < -0.3 is 0 Å². The Morgan fingerprint density at radius 3 is 2.71 bits per heavy atom. The SMILES string of the molecule is CCc1ccc(CC(=O)c2cccc3ncccc23)nc1. The van der Waals surface area contributed by atoms with E-state index in [0.717, 1.165) is 23.0 Å². The minimum absolute atomic E-state index is 0.0744. The Labute approximate surface area is 123 Å². The number of aryl methyl sites for hydroxylation is 1. The van der Waals surface area contributed by atoms with E-state index in [1.54, 1.807) is 6.20 Å². The third kappa shape index (κ3) is 2.82. The number of pyridine rings is 2. The Balaban J connectivity index is 1.90. The maximum Gasteiger partial charge on any atom is 0.169 e. The van der Waals surface area contributed by atoms with Gasteiger partial charge in [0.1, 0.15) is 0 Å². The van der Waals surface area contributed by atoms with Crippen LogP contribution in [0, 0.1) is 0 Å². The average Bonchev–Trinajstić information content (AvgIpc) is 2.55. The van der Waals surface area contributed by atoms with Crippen molar-refractivity contribution >= 4 is 16.7 Å². The summed E-state index contributed by atoms with van der Waals surface area (Å²) >= 11 is 0. The Morgan fingerprint density at radius 1 is 1.05 bits per heavy atom. The van der Waals surface area contributed by atoms with E-state index in [0.29, 0.717) is 12.0 Å². The van der Waals surface area contributed by atoms with Gasteiger partial charge in [-0.3, -0.25) is 14.8 Å². The van der Waals surface area contributed by atoms with Crippen LogP contribution in [0.25, 0.3) is 10.9 Å². The van der Waals surface area contributed by atoms with Gasteiger partial charge in [0, 0.05) is 29.0 Å². The van der Waals surface area contributed by atoms with E-state index < -0.39 is 0 Å². The van der Waals surface area contributed by atoms with Crippen LogP contribution in [0.2, 0.25) is 0 Å². The third-order valence-corrected chi connectivity index (χ3v) is 3.58. The van der Waals surface area contributed by atoms with E-state index in [2.05, 4.69) is 16.9 Å². The van der Waals surface area contributed by atoms with Crippen LogP contribution in [0.15, 0.2) is 54.9 Å². The Kier molecular flexibility index (Phi) is 3.73. The quantitative estimate of drug-likeness (QED) is 0.683. The van der Waals surface area contributed by atoms with E-state index in [4.69, 9.17) is 0 Å². The first kappa shape index (κ1) is 13.4. The molecular weight excluding hydrogens is 260 g/mol. The van der Waals surface area contributed by atoms with Gasteiger partial charge in [-0.15, -0.1) is 0 Å². The summed E-state index contributed by atoms with van der Waals surface area (Å²) in [5.41, 5.74) is 3.54. The third-order valence-electron chi connectivity index (χ3n) is 3.58. The van der Waals surface area contributed by atoms with Crippen molar-refractivity contribution in [2.24, 2.45) is 0 Å². The standard InChI is InChI=1S/C18H16N2O/c1-2-13-8-9-14(20-12-13)11-18(21)16-5-3-7-17-15(16)6-4-10-19-17/h3-10,12H,2,11H2,1H3. The lowest BCUT2D eigenvalue weighted by Gasteiger charge is -2.05. The Morgan fingerprint density at radius 2 is 1.95 bits per heavy atom. The maximum absolute atomic E-state index is 12.5. The molecule has 3 aromatic rings. The van der Waals surface area contributed by atoms with Gasteiger partial charge in [-0.2, -0.15) is 0 Å². The predicted octanol–water partition coefficient (Wildman–Crippen LogP) is 3.62. The minimum Gasteiger partial charge on any atom is -0.294 e. The monoisotopic (exact) mass is 276 g/mol. The summed E-state index contributed by atoms with van der Waals surface area (Å²) in [6.07, 6.45) is 4.85. The lowest BCUT2D eigenvalue weighted by molar-refractivity contribution is 0.0993. The first-order chi connectivity index (χ1) is 10.3. The van der Waals surface area contributed by atoms with E-state index in [9.17, 15) is 4.79 Å². The van der Waals surface area contributed by atoms with Crippen molar-refractivity contribution in [1.82, 2.24) is 9.97 Å². The zero-order chi connectivity index (χ0) is 14.7. The molecule has 0 saturated heterocycles. The zero-order valence-electron chi connectivity index (χ0n) is 11.9. The highest BCUT2D eigenvalue weighted by molar-refractivity contribution is 6.07. The highest BCUT2D eigenvalue weighted by atomic mass is 16.1. The number of fused-ring (bicyclic) bond motifs is 1. The van der Waals surface area contributed by atoms with Crippen LogP contribution in [0.3, 0.4) is 0 Å². The minimum atomic E-state index is 0.0744. The molecule has 3 rings (SSSR count). The van der Waals surface area contributed by atoms with Gasteiger partial charge >= 0.3 is 0 Å². The molecule has 0 N–H and O–H groups in total. The van der Waals surface area contributed by atoms with Gasteiger partial charge in [0.15, 0.2) is 5.78 Å². The van der Waals surface area contributed by atoms with Crippen molar-refractivity contribution in [2.75, 3.05) is 0 Å². The van der Waals surface area contributed by atoms with Crippen LogP contribution in [0.4, 0.5) is 0 Å². The molecule has 0 amide bonds. The molecule has 0 spiro atoms. The Hall–Kier alpha value is -2.55. The Bertz CT molecular complexity index is 773. The molecule has 0 fully saturated rings. The van der Waals surface area contributed by atoms with Crippen molar-refractivity contribution in [3.8, 4) is 0 Å². The van der Waals surface area contributed by atoms with Crippen LogP contribution in [0.5, 0.6) is 0 Å². The molecule has 0 radical (unpaired) electrons. The van der Waals surface area contributed by atoms with E-state index in [1.807, 2.05) is 48.7 Å². The summed E-state index contributed by atoms with van der Waals surface area (Å²) in [4.78, 5) is 21.2. The highest BCUT2D eigenvalue weighted by Gasteiger charge is 2.11. The van der Waals surface area contributed by atoms with Gasteiger partial charge in [-0.25, -0.2) is 0 Å². The van der Waals surface area contributed by atoms with Crippen molar-refractivity contribution in [1.29, 1.82) is 0 Å². The second-order valence-corrected chi connectivity index (χ2v) is 4.99. The number of ketones is 1. The number of hydrogen-bond donors (Lipinski definition) is 0. The van der Waals surface area contributed by atoms with Gasteiger partial charge in [0.05, 0.1) is 11.9 Å². The molecule has 3 nitrogen and oxygen atoms in total. The molecule has 0 unspecified atom stereocenters. The number of Topliss-reactive ketones (excluding diaryl/α,β-unsaturated/α-hetero) is 1. The van der Waals surface area contributed by atoms with E-state index in [1.165, 1.54) is 5.56 Å². The van der Waals surface area contributed by atoms with Crippen LogP contribution in [0.1, 0.15) is 28.5 Å². The smallest absolute Gasteiger partial charge is 0.169 e. The molecule has 0 atom stereocenters. The number of hydrogen-bond acceptors (Lipinski definition) is 3. The number of benzene rings is 1. The van der Waals surface area contributed by atoms with Gasteiger partial charge in [-0.05, 0) is 30.2 Å². The normalized spacial score (nSPS) is 10.7. The van der Waals surface area contributed by atoms with E-state index >= 15 is 0 Å². The maximum atomic E-state index is 12.5. The number of aromatic nitrogens is 2. The van der Waals surface area contributed by atoms with E-state index in [-0.39, 0.29) is 5.78 Å². The largest absolute Gasteiger partial charge is 0.294 e. The van der Waals surface area contributed by atoms with Gasteiger partial charge in [-0.1, -0.05) is 31.2 Å². The fraction of sp³-hybridized carbons (Fsp3) is 0.167. The summed E-state index contributed by atoms with van der Waals surface area (Å²) in [5.74, 6) is 0.0744. The molecular formula is C18H16N2O. The molecule has 2 aromatic heterocycles. The van der Waals surface area contributed by atoms with Crippen molar-refractivity contribution < 1.29 is 4.79 Å². The van der Waals surface area contributed by atoms with Crippen LogP contribution in [-0.4, -0.2) is 15.8 Å². The average molecular weight is 276 g/mol. The summed E-state index contributed by atoms with van der Waals surface area (Å²) in [6.45, 7) is 2.09. The summed E-state index contributed by atoms with van der Waals surface area (Å²) in [7, 11) is 0. The fourth-order valence-electron chi connectivity index (χ4n) is 2.38. The fourth-order valence-corrected chi connectivity index (χ4v) is 2.38. The molecule has 104 valence electrons. The lowest BCUT2D eigenvalue weighted by atomic mass is 10.0. The van der Waals surface area contributed by atoms with Crippen LogP contribution < -0.4 is 0 Å². The summed E-state index contributed by atoms with van der Waals surface area (Å²) in [6, 6.07) is 13.4. The molecule has 0 bridgehead atoms. The van der Waals surface area contributed by atoms with Crippen molar-refractivity contribution in [2.45, 2.75) is 19.8 Å². The topological polar surface area (TPSA) is 42.9 Å².